The third-order valence-electron chi connectivity index (χ3n) is 5.28. The molecule has 2 aliphatic carbocycles. The Morgan fingerprint density at radius 3 is 2.00 bits per heavy atom. The highest BCUT2D eigenvalue weighted by atomic mass is 14.7. The van der Waals surface area contributed by atoms with E-state index < -0.39 is 0 Å². The first-order valence-electron chi connectivity index (χ1n) is 6.58. The lowest BCUT2D eigenvalue weighted by Crippen LogP contribution is -2.23. The van der Waals surface area contributed by atoms with Crippen molar-refractivity contribution in [1.29, 1.82) is 0 Å². The molecule has 0 saturated heterocycles. The summed E-state index contributed by atoms with van der Waals surface area (Å²) in [5, 5.41) is 0. The molecular weight excluding hydrogens is 182 g/mol. The zero-order valence-electron chi connectivity index (χ0n) is 10.8. The molecule has 15 heavy (non-hydrogen) atoms. The van der Waals surface area contributed by atoms with E-state index in [0.717, 1.165) is 24.3 Å². The predicted molar refractivity (Wildman–Crippen MR) is 65.6 cm³/mol. The van der Waals surface area contributed by atoms with Gasteiger partial charge in [0.15, 0.2) is 0 Å². The van der Waals surface area contributed by atoms with Gasteiger partial charge in [-0.2, -0.15) is 0 Å². The molecule has 0 aromatic carbocycles. The second-order valence-electron chi connectivity index (χ2n) is 7.19. The summed E-state index contributed by atoms with van der Waals surface area (Å²) < 4.78 is 0. The van der Waals surface area contributed by atoms with Gasteiger partial charge in [-0.05, 0) is 60.8 Å². The molecule has 88 valence electrons. The smallest absolute Gasteiger partial charge is 0.00407 e. The molecule has 0 aromatic rings. The Labute approximate surface area is 94.8 Å². The van der Waals surface area contributed by atoms with Gasteiger partial charge in [-0.3, -0.25) is 0 Å². The third kappa shape index (κ3) is 1.95. The van der Waals surface area contributed by atoms with Gasteiger partial charge < -0.3 is 5.73 Å². The van der Waals surface area contributed by atoms with Gasteiger partial charge in [-0.25, -0.2) is 0 Å². The van der Waals surface area contributed by atoms with Crippen LogP contribution in [-0.2, 0) is 0 Å². The average Bonchev–Trinajstić information content (AvgIpc) is 2.68. The summed E-state index contributed by atoms with van der Waals surface area (Å²) in [5.41, 5.74) is 7.01. The Morgan fingerprint density at radius 1 is 1.07 bits per heavy atom. The fraction of sp³-hybridized carbons (Fsp3) is 1.00. The van der Waals surface area contributed by atoms with Gasteiger partial charge >= 0.3 is 0 Å². The molecular formula is C14H27N. The Hall–Kier alpha value is -0.0400. The van der Waals surface area contributed by atoms with Gasteiger partial charge in [-0.1, -0.05) is 27.7 Å². The number of rotatable bonds is 2. The molecule has 2 unspecified atom stereocenters. The molecule has 2 N–H and O–H groups in total. The highest BCUT2D eigenvalue weighted by molar-refractivity contribution is 5.08. The van der Waals surface area contributed by atoms with Crippen LogP contribution in [0.4, 0.5) is 0 Å². The van der Waals surface area contributed by atoms with E-state index in [0.29, 0.717) is 10.8 Å². The first-order chi connectivity index (χ1) is 6.88. The third-order valence-corrected chi connectivity index (χ3v) is 5.28. The lowest BCUT2D eigenvalue weighted by Gasteiger charge is -2.35. The predicted octanol–water partition coefficient (Wildman–Crippen LogP) is 3.43. The van der Waals surface area contributed by atoms with Crippen molar-refractivity contribution in [3.63, 3.8) is 0 Å². The van der Waals surface area contributed by atoms with Crippen molar-refractivity contribution in [2.75, 3.05) is 6.54 Å². The largest absolute Gasteiger partial charge is 0.330 e. The summed E-state index contributed by atoms with van der Waals surface area (Å²) in [4.78, 5) is 0. The Morgan fingerprint density at radius 2 is 1.60 bits per heavy atom. The van der Waals surface area contributed by atoms with E-state index in [1.807, 2.05) is 0 Å². The summed E-state index contributed by atoms with van der Waals surface area (Å²) in [6, 6.07) is 0. The highest BCUT2D eigenvalue weighted by Gasteiger charge is 2.59. The summed E-state index contributed by atoms with van der Waals surface area (Å²) in [7, 11) is 0. The molecule has 1 nitrogen and oxygen atoms in total. The lowest BCUT2D eigenvalue weighted by molar-refractivity contribution is 0.166. The van der Waals surface area contributed by atoms with Crippen LogP contribution in [-0.4, -0.2) is 6.54 Å². The quantitative estimate of drug-likeness (QED) is 0.741. The first-order valence-corrected chi connectivity index (χ1v) is 6.58. The Balaban J connectivity index is 1.93. The van der Waals surface area contributed by atoms with Crippen molar-refractivity contribution in [3.8, 4) is 0 Å². The standard InChI is InChI=1S/C14H27N/c1-13(2)7-5-10(6-8-13)12-11(9-15)14(12,3)4/h10-12H,5-9,15H2,1-4H3. The van der Waals surface area contributed by atoms with Crippen LogP contribution in [0.3, 0.4) is 0 Å². The van der Waals surface area contributed by atoms with Gasteiger partial charge in [0.2, 0.25) is 0 Å². The van der Waals surface area contributed by atoms with Gasteiger partial charge in [0.1, 0.15) is 0 Å². The van der Waals surface area contributed by atoms with E-state index in [1.165, 1.54) is 25.7 Å². The molecule has 2 saturated carbocycles. The van der Waals surface area contributed by atoms with E-state index in [1.54, 1.807) is 0 Å². The molecule has 1 heteroatoms. The van der Waals surface area contributed by atoms with E-state index in [2.05, 4.69) is 27.7 Å². The maximum Gasteiger partial charge on any atom is -0.00407 e. The maximum atomic E-state index is 5.86. The topological polar surface area (TPSA) is 26.0 Å². The van der Waals surface area contributed by atoms with E-state index in [-0.39, 0.29) is 0 Å². The van der Waals surface area contributed by atoms with Gasteiger partial charge in [0.05, 0.1) is 0 Å². The molecule has 2 fully saturated rings. The number of nitrogens with two attached hydrogens (primary N) is 1. The molecule has 0 bridgehead atoms. The minimum atomic E-state index is 0.543. The van der Waals surface area contributed by atoms with Crippen LogP contribution in [0.5, 0.6) is 0 Å². The zero-order valence-corrected chi connectivity index (χ0v) is 10.8. The van der Waals surface area contributed by atoms with E-state index >= 15 is 0 Å². The van der Waals surface area contributed by atoms with Crippen LogP contribution >= 0.6 is 0 Å². The second kappa shape index (κ2) is 3.48. The fourth-order valence-electron chi connectivity index (χ4n) is 3.95. The Kier molecular flexibility index (Phi) is 2.65. The SMILES string of the molecule is CC1(C)CCC(C2C(CN)C2(C)C)CC1. The summed E-state index contributed by atoms with van der Waals surface area (Å²) >= 11 is 0. The van der Waals surface area contributed by atoms with Crippen LogP contribution < -0.4 is 5.73 Å². The van der Waals surface area contributed by atoms with Crippen molar-refractivity contribution in [1.82, 2.24) is 0 Å². The molecule has 0 radical (unpaired) electrons. The van der Waals surface area contributed by atoms with Crippen LogP contribution in [0, 0.1) is 28.6 Å². The summed E-state index contributed by atoms with van der Waals surface area (Å²) in [6.07, 6.45) is 5.72. The Bertz CT molecular complexity index is 232. The molecule has 0 aliphatic heterocycles. The van der Waals surface area contributed by atoms with Crippen LogP contribution in [0.25, 0.3) is 0 Å². The van der Waals surface area contributed by atoms with Gasteiger partial charge in [0.25, 0.3) is 0 Å². The molecule has 2 atom stereocenters. The molecule has 0 aromatic heterocycles. The monoisotopic (exact) mass is 209 g/mol. The van der Waals surface area contributed by atoms with Gasteiger partial charge in [0, 0.05) is 0 Å². The minimum Gasteiger partial charge on any atom is -0.330 e. The normalized spacial score (nSPS) is 39.0. The van der Waals surface area contributed by atoms with Crippen molar-refractivity contribution in [2.45, 2.75) is 53.4 Å². The van der Waals surface area contributed by atoms with Crippen LogP contribution in [0.2, 0.25) is 0 Å². The molecule has 0 amide bonds. The zero-order chi connectivity index (χ0) is 11.3. The molecule has 2 rings (SSSR count). The van der Waals surface area contributed by atoms with E-state index in [9.17, 15) is 0 Å². The minimum absolute atomic E-state index is 0.543. The van der Waals surface area contributed by atoms with Crippen LogP contribution in [0.15, 0.2) is 0 Å². The second-order valence-corrected chi connectivity index (χ2v) is 7.19. The maximum absolute atomic E-state index is 5.86. The number of hydrogen-bond acceptors (Lipinski definition) is 1. The number of hydrogen-bond donors (Lipinski definition) is 1. The van der Waals surface area contributed by atoms with Crippen molar-refractivity contribution in [3.05, 3.63) is 0 Å². The lowest BCUT2D eigenvalue weighted by atomic mass is 9.71. The molecule has 2 aliphatic rings. The average molecular weight is 209 g/mol. The summed E-state index contributed by atoms with van der Waals surface area (Å²) in [6.45, 7) is 10.6. The summed E-state index contributed by atoms with van der Waals surface area (Å²) in [5.74, 6) is 2.71. The molecule has 0 spiro atoms. The highest BCUT2D eigenvalue weighted by Crippen LogP contribution is 2.64. The molecule has 0 heterocycles. The van der Waals surface area contributed by atoms with E-state index in [4.69, 9.17) is 5.73 Å². The van der Waals surface area contributed by atoms with Crippen molar-refractivity contribution < 1.29 is 0 Å². The fourth-order valence-corrected chi connectivity index (χ4v) is 3.95. The van der Waals surface area contributed by atoms with Gasteiger partial charge in [-0.15, -0.1) is 0 Å². The van der Waals surface area contributed by atoms with Crippen molar-refractivity contribution in [2.24, 2.45) is 34.3 Å². The first kappa shape index (κ1) is 11.4. The van der Waals surface area contributed by atoms with Crippen LogP contribution in [0.1, 0.15) is 53.4 Å². The van der Waals surface area contributed by atoms with Crippen molar-refractivity contribution >= 4 is 0 Å².